The summed E-state index contributed by atoms with van der Waals surface area (Å²) in [5, 5.41) is 13.6. The summed E-state index contributed by atoms with van der Waals surface area (Å²) in [5.74, 6) is 1.06. The van der Waals surface area contributed by atoms with E-state index in [0.29, 0.717) is 41.7 Å². The number of hydrogen-bond acceptors (Lipinski definition) is 6. The molecule has 3 aromatic rings. The minimum atomic E-state index is 0.108. The average molecular weight is 450 g/mol. The number of aryl methyl sites for hydroxylation is 1. The Morgan fingerprint density at radius 1 is 1.06 bits per heavy atom. The highest BCUT2D eigenvalue weighted by Crippen LogP contribution is 2.19. The lowest BCUT2D eigenvalue weighted by molar-refractivity contribution is -0.131. The fourth-order valence-corrected chi connectivity index (χ4v) is 3.89. The van der Waals surface area contributed by atoms with E-state index in [9.17, 15) is 4.79 Å². The summed E-state index contributed by atoms with van der Waals surface area (Å²) < 4.78 is 5.32. The van der Waals surface area contributed by atoms with Crippen LogP contribution in [0.2, 0.25) is 5.02 Å². The molecule has 0 atom stereocenters. The highest BCUT2D eigenvalue weighted by Gasteiger charge is 2.20. The molecule has 0 aliphatic carbocycles. The molecule has 1 saturated heterocycles. The molecule has 0 spiro atoms. The number of amides is 1. The summed E-state index contributed by atoms with van der Waals surface area (Å²) in [6.45, 7) is 4.05. The van der Waals surface area contributed by atoms with Gasteiger partial charge in [0.2, 0.25) is 17.6 Å². The molecule has 0 saturated carbocycles. The molecule has 1 fully saturated rings. The summed E-state index contributed by atoms with van der Waals surface area (Å²) in [4.78, 5) is 21.4. The van der Waals surface area contributed by atoms with Gasteiger partial charge in [-0.1, -0.05) is 28.9 Å². The minimum Gasteiger partial charge on any atom is -0.341 e. The van der Waals surface area contributed by atoms with Crippen molar-refractivity contribution < 1.29 is 9.32 Å². The molecule has 1 aliphatic rings. The van der Waals surface area contributed by atoms with E-state index >= 15 is 0 Å². The first-order valence-corrected chi connectivity index (χ1v) is 11.1. The molecule has 1 amide bonds. The zero-order valence-electron chi connectivity index (χ0n) is 17.7. The van der Waals surface area contributed by atoms with Crippen LogP contribution in [0.4, 0.5) is 0 Å². The highest BCUT2D eigenvalue weighted by atomic mass is 35.5. The lowest BCUT2D eigenvalue weighted by Crippen LogP contribution is -2.35. The Kier molecular flexibility index (Phi) is 7.15. The maximum Gasteiger partial charge on any atom is 0.227 e. The summed E-state index contributed by atoms with van der Waals surface area (Å²) in [6, 6.07) is 17.1. The van der Waals surface area contributed by atoms with Crippen LogP contribution < -0.4 is 0 Å². The fourth-order valence-electron chi connectivity index (χ4n) is 3.77. The van der Waals surface area contributed by atoms with E-state index in [0.717, 1.165) is 38.2 Å². The Balaban J connectivity index is 1.26. The molecule has 0 radical (unpaired) electrons. The van der Waals surface area contributed by atoms with Crippen LogP contribution in [-0.4, -0.2) is 52.0 Å². The molecule has 32 heavy (non-hydrogen) atoms. The van der Waals surface area contributed by atoms with Gasteiger partial charge in [-0.15, -0.1) is 0 Å². The number of hydrogen-bond donors (Lipinski definition) is 0. The third-order valence-electron chi connectivity index (χ3n) is 5.55. The average Bonchev–Trinajstić information content (AvgIpc) is 3.17. The normalized spacial score (nSPS) is 14.7. The molecule has 0 unspecified atom stereocenters. The van der Waals surface area contributed by atoms with Gasteiger partial charge in [-0.3, -0.25) is 9.69 Å². The fraction of sp³-hybridized carbons (Fsp3) is 0.333. The van der Waals surface area contributed by atoms with Gasteiger partial charge in [0.15, 0.2) is 0 Å². The molecule has 1 aromatic heterocycles. The van der Waals surface area contributed by atoms with Crippen molar-refractivity contribution in [1.82, 2.24) is 19.9 Å². The molecule has 164 valence electrons. The SMILES string of the molecule is N#Cc1ccc(CN2CCCN(C(=O)CCc3nc(-c4ccc(Cl)cc4)no3)CC2)cc1. The number of nitrogens with zero attached hydrogens (tertiary/aromatic N) is 5. The predicted octanol–water partition coefficient (Wildman–Crippen LogP) is 3.93. The standard InChI is InChI=1S/C24H24ClN5O2/c25-21-8-6-20(7-9-21)24-27-22(32-28-24)10-11-23(31)30-13-1-12-29(14-15-30)17-19-4-2-18(16-26)3-5-19/h2-9H,1,10-15,17H2. The molecule has 4 rings (SSSR count). The van der Waals surface area contributed by atoms with E-state index < -0.39 is 0 Å². The van der Waals surface area contributed by atoms with Gasteiger partial charge < -0.3 is 9.42 Å². The smallest absolute Gasteiger partial charge is 0.227 e. The van der Waals surface area contributed by atoms with Crippen LogP contribution in [0.15, 0.2) is 53.1 Å². The molecule has 0 bridgehead atoms. The van der Waals surface area contributed by atoms with E-state index in [4.69, 9.17) is 21.4 Å². The molecular formula is C24H24ClN5O2. The summed E-state index contributed by atoms with van der Waals surface area (Å²) in [5.41, 5.74) is 2.67. The molecule has 7 nitrogen and oxygen atoms in total. The largest absolute Gasteiger partial charge is 0.341 e. The van der Waals surface area contributed by atoms with E-state index in [-0.39, 0.29) is 5.91 Å². The summed E-state index contributed by atoms with van der Waals surface area (Å²) in [7, 11) is 0. The quantitative estimate of drug-likeness (QED) is 0.566. The van der Waals surface area contributed by atoms with Crippen molar-refractivity contribution in [3.05, 3.63) is 70.6 Å². The van der Waals surface area contributed by atoms with Crippen molar-refractivity contribution in [2.45, 2.75) is 25.8 Å². The van der Waals surface area contributed by atoms with Crippen molar-refractivity contribution in [2.24, 2.45) is 0 Å². The van der Waals surface area contributed by atoms with Crippen LogP contribution >= 0.6 is 11.6 Å². The van der Waals surface area contributed by atoms with Gasteiger partial charge in [0.25, 0.3) is 0 Å². The van der Waals surface area contributed by atoms with Gasteiger partial charge in [0, 0.05) is 56.2 Å². The topological polar surface area (TPSA) is 86.3 Å². The first-order valence-electron chi connectivity index (χ1n) is 10.7. The van der Waals surface area contributed by atoms with Crippen LogP contribution in [0.1, 0.15) is 29.9 Å². The van der Waals surface area contributed by atoms with Gasteiger partial charge in [0.05, 0.1) is 11.6 Å². The van der Waals surface area contributed by atoms with E-state index in [1.807, 2.05) is 41.3 Å². The Bertz CT molecular complexity index is 1090. The van der Waals surface area contributed by atoms with Crippen molar-refractivity contribution in [1.29, 1.82) is 5.26 Å². The molecule has 8 heteroatoms. The van der Waals surface area contributed by atoms with Gasteiger partial charge in [0.1, 0.15) is 0 Å². The van der Waals surface area contributed by atoms with Crippen molar-refractivity contribution in [3.8, 4) is 17.5 Å². The molecule has 0 N–H and O–H groups in total. The van der Waals surface area contributed by atoms with Gasteiger partial charge in [-0.05, 0) is 48.4 Å². The second-order valence-electron chi connectivity index (χ2n) is 7.84. The first-order chi connectivity index (χ1) is 15.6. The van der Waals surface area contributed by atoms with E-state index in [2.05, 4.69) is 21.1 Å². The molecular weight excluding hydrogens is 426 g/mol. The number of nitriles is 1. The number of halogens is 1. The molecule has 1 aliphatic heterocycles. The van der Waals surface area contributed by atoms with Gasteiger partial charge in [-0.2, -0.15) is 10.2 Å². The number of rotatable bonds is 6. The van der Waals surface area contributed by atoms with Crippen LogP contribution in [0, 0.1) is 11.3 Å². The van der Waals surface area contributed by atoms with Gasteiger partial charge >= 0.3 is 0 Å². The van der Waals surface area contributed by atoms with E-state index in [1.54, 1.807) is 12.1 Å². The maximum atomic E-state index is 12.7. The molecule has 2 aromatic carbocycles. The van der Waals surface area contributed by atoms with Gasteiger partial charge in [-0.25, -0.2) is 0 Å². The number of benzene rings is 2. The maximum absolute atomic E-state index is 12.7. The van der Waals surface area contributed by atoms with Crippen LogP contribution in [0.3, 0.4) is 0 Å². The van der Waals surface area contributed by atoms with Crippen molar-refractivity contribution in [3.63, 3.8) is 0 Å². The first kappa shape index (κ1) is 22.0. The Morgan fingerprint density at radius 3 is 2.59 bits per heavy atom. The Morgan fingerprint density at radius 2 is 1.84 bits per heavy atom. The lowest BCUT2D eigenvalue weighted by atomic mass is 10.1. The third kappa shape index (κ3) is 5.72. The lowest BCUT2D eigenvalue weighted by Gasteiger charge is -2.22. The number of aromatic nitrogens is 2. The highest BCUT2D eigenvalue weighted by molar-refractivity contribution is 6.30. The van der Waals surface area contributed by atoms with Crippen LogP contribution in [0.25, 0.3) is 11.4 Å². The summed E-state index contributed by atoms with van der Waals surface area (Å²) in [6.07, 6.45) is 1.70. The molecule has 2 heterocycles. The number of carbonyl (C=O) groups is 1. The summed E-state index contributed by atoms with van der Waals surface area (Å²) >= 11 is 5.91. The third-order valence-corrected chi connectivity index (χ3v) is 5.81. The zero-order valence-corrected chi connectivity index (χ0v) is 18.5. The van der Waals surface area contributed by atoms with Crippen LogP contribution in [0.5, 0.6) is 0 Å². The predicted molar refractivity (Wildman–Crippen MR) is 121 cm³/mol. The van der Waals surface area contributed by atoms with E-state index in [1.165, 1.54) is 5.56 Å². The van der Waals surface area contributed by atoms with Crippen molar-refractivity contribution in [2.75, 3.05) is 26.2 Å². The monoisotopic (exact) mass is 449 g/mol. The Hall–Kier alpha value is -3.21. The minimum absolute atomic E-state index is 0.108. The number of carbonyl (C=O) groups excluding carboxylic acids is 1. The second kappa shape index (κ2) is 10.4. The second-order valence-corrected chi connectivity index (χ2v) is 8.27. The van der Waals surface area contributed by atoms with Crippen molar-refractivity contribution >= 4 is 17.5 Å². The zero-order chi connectivity index (χ0) is 22.3. The Labute approximate surface area is 192 Å². The van der Waals surface area contributed by atoms with Crippen LogP contribution in [-0.2, 0) is 17.8 Å².